The lowest BCUT2D eigenvalue weighted by Crippen LogP contribution is -2.37. The van der Waals surface area contributed by atoms with Crippen LogP contribution < -0.4 is 0 Å². The highest BCUT2D eigenvalue weighted by Gasteiger charge is 2.35. The van der Waals surface area contributed by atoms with Crippen molar-refractivity contribution in [1.29, 1.82) is 0 Å². The molecule has 0 spiro atoms. The van der Waals surface area contributed by atoms with Gasteiger partial charge in [-0.25, -0.2) is 0 Å². The lowest BCUT2D eigenvalue weighted by molar-refractivity contribution is 0.0219. The molecule has 0 aliphatic carbocycles. The van der Waals surface area contributed by atoms with Crippen molar-refractivity contribution in [2.24, 2.45) is 5.41 Å². The van der Waals surface area contributed by atoms with Crippen molar-refractivity contribution in [3.05, 3.63) is 0 Å². The van der Waals surface area contributed by atoms with Gasteiger partial charge in [-0.2, -0.15) is 4.21 Å². The maximum Gasteiger partial charge on any atom is 0.304 e. The maximum absolute atomic E-state index is 11.0. The Morgan fingerprint density at radius 2 is 1.50 bits per heavy atom. The smallest absolute Gasteiger partial charge is 0.268 e. The van der Waals surface area contributed by atoms with Crippen molar-refractivity contribution in [3.63, 3.8) is 0 Å². The summed E-state index contributed by atoms with van der Waals surface area (Å²) in [5, 5.41) is 0. The van der Waals surface area contributed by atoms with Gasteiger partial charge in [0.1, 0.15) is 0 Å². The summed E-state index contributed by atoms with van der Waals surface area (Å²) in [6.07, 6.45) is 7.03. The fourth-order valence-corrected chi connectivity index (χ4v) is 2.70. The summed E-state index contributed by atoms with van der Waals surface area (Å²) in [4.78, 5) is 0. The minimum absolute atomic E-state index is 0. The molecule has 0 radical (unpaired) electrons. The average molecular weight is 250 g/mol. The number of rotatable bonds is 6. The first-order valence-electron chi connectivity index (χ1n) is 5.91. The van der Waals surface area contributed by atoms with Gasteiger partial charge in [0.15, 0.2) is 0 Å². The van der Waals surface area contributed by atoms with Gasteiger partial charge in [0.05, 0.1) is 13.2 Å². The maximum atomic E-state index is 11.0. The van der Waals surface area contributed by atoms with Crippen molar-refractivity contribution < 1.29 is 12.6 Å². The highest BCUT2D eigenvalue weighted by atomic mass is 32.2. The van der Waals surface area contributed by atoms with Crippen molar-refractivity contribution in [1.82, 2.24) is 0 Å². The van der Waals surface area contributed by atoms with Crippen molar-refractivity contribution in [2.75, 3.05) is 13.2 Å². The number of unbranched alkanes of at least 4 members (excludes halogenated alkanes) is 2. The fourth-order valence-electron chi connectivity index (χ4n) is 1.94. The standard InChI is InChI=1S/C11H22O3S.CH4/c1-3-5-7-11(8-6-4-2)9-13-15(12)14-10-11;/h3-10H2,1-2H3;1H4. The third kappa shape index (κ3) is 4.93. The molecular formula is C12H26O3S. The largest absolute Gasteiger partial charge is 0.304 e. The summed E-state index contributed by atoms with van der Waals surface area (Å²) in [7, 11) is 0. The Hall–Kier alpha value is 0.0700. The molecule has 1 rings (SSSR count). The molecular weight excluding hydrogens is 224 g/mol. The Balaban J connectivity index is 0.00000225. The van der Waals surface area contributed by atoms with E-state index in [2.05, 4.69) is 13.8 Å². The topological polar surface area (TPSA) is 35.5 Å². The molecule has 16 heavy (non-hydrogen) atoms. The van der Waals surface area contributed by atoms with Crippen LogP contribution in [0.25, 0.3) is 0 Å². The normalized spacial score (nSPS) is 20.4. The van der Waals surface area contributed by atoms with Gasteiger partial charge >= 0.3 is 11.4 Å². The zero-order valence-electron chi connectivity index (χ0n) is 9.79. The van der Waals surface area contributed by atoms with E-state index >= 15 is 0 Å². The molecule has 0 unspecified atom stereocenters. The second kappa shape index (κ2) is 8.20. The van der Waals surface area contributed by atoms with Crippen molar-refractivity contribution in [2.45, 2.75) is 59.8 Å². The van der Waals surface area contributed by atoms with E-state index in [-0.39, 0.29) is 12.8 Å². The summed E-state index contributed by atoms with van der Waals surface area (Å²) in [5.41, 5.74) is 0.125. The summed E-state index contributed by atoms with van der Waals surface area (Å²) in [6, 6.07) is 0. The van der Waals surface area contributed by atoms with Gasteiger partial charge in [-0.3, -0.25) is 8.37 Å². The summed E-state index contributed by atoms with van der Waals surface area (Å²) in [5.74, 6) is 0. The number of hydrogen-bond donors (Lipinski definition) is 0. The second-order valence-electron chi connectivity index (χ2n) is 4.44. The Morgan fingerprint density at radius 1 is 1.06 bits per heavy atom. The minimum Gasteiger partial charge on any atom is -0.268 e. The van der Waals surface area contributed by atoms with Gasteiger partial charge in [0, 0.05) is 5.41 Å². The van der Waals surface area contributed by atoms with Gasteiger partial charge in [0.25, 0.3) is 0 Å². The third-order valence-corrected chi connectivity index (χ3v) is 3.66. The molecule has 1 aliphatic heterocycles. The summed E-state index contributed by atoms with van der Waals surface area (Å²) in [6.45, 7) is 5.58. The predicted octanol–water partition coefficient (Wildman–Crippen LogP) is 3.61. The Bertz CT molecular complexity index is 186. The number of hydrogen-bond acceptors (Lipinski definition) is 3. The van der Waals surface area contributed by atoms with E-state index in [0.717, 1.165) is 12.8 Å². The minimum atomic E-state index is -1.50. The molecule has 1 heterocycles. The molecule has 0 bridgehead atoms. The SMILES string of the molecule is C.CCCCC1(CCCC)COS(=O)OC1. The van der Waals surface area contributed by atoms with E-state index in [1.165, 1.54) is 25.7 Å². The van der Waals surface area contributed by atoms with Crippen LogP contribution in [0.15, 0.2) is 0 Å². The molecule has 0 aromatic carbocycles. The summed E-state index contributed by atoms with van der Waals surface area (Å²) >= 11 is -1.50. The molecule has 0 amide bonds. The molecule has 0 atom stereocenters. The molecule has 4 heteroatoms. The van der Waals surface area contributed by atoms with Crippen molar-refractivity contribution in [3.8, 4) is 0 Å². The van der Waals surface area contributed by atoms with Crippen LogP contribution in [0.4, 0.5) is 0 Å². The van der Waals surface area contributed by atoms with E-state index in [4.69, 9.17) is 8.37 Å². The van der Waals surface area contributed by atoms with Crippen LogP contribution in [0.5, 0.6) is 0 Å². The monoisotopic (exact) mass is 250 g/mol. The molecule has 1 aliphatic rings. The van der Waals surface area contributed by atoms with Crippen LogP contribution in [0, 0.1) is 5.41 Å². The van der Waals surface area contributed by atoms with Gasteiger partial charge in [-0.15, -0.1) is 0 Å². The molecule has 0 aromatic heterocycles. The lowest BCUT2D eigenvalue weighted by Gasteiger charge is -2.35. The highest BCUT2D eigenvalue weighted by molar-refractivity contribution is 7.75. The quantitative estimate of drug-likeness (QED) is 0.722. The second-order valence-corrected chi connectivity index (χ2v) is 5.32. The van der Waals surface area contributed by atoms with E-state index < -0.39 is 11.4 Å². The summed E-state index contributed by atoms with van der Waals surface area (Å²) < 4.78 is 21.2. The zero-order valence-corrected chi connectivity index (χ0v) is 10.6. The van der Waals surface area contributed by atoms with Crippen LogP contribution in [-0.4, -0.2) is 17.4 Å². The fraction of sp³-hybridized carbons (Fsp3) is 1.00. The first kappa shape index (κ1) is 16.1. The van der Waals surface area contributed by atoms with Gasteiger partial charge < -0.3 is 0 Å². The molecule has 0 N–H and O–H groups in total. The average Bonchev–Trinajstić information content (AvgIpc) is 2.27. The molecule has 3 nitrogen and oxygen atoms in total. The molecule has 0 saturated carbocycles. The third-order valence-electron chi connectivity index (χ3n) is 3.04. The molecule has 1 fully saturated rings. The van der Waals surface area contributed by atoms with Crippen molar-refractivity contribution >= 4 is 11.4 Å². The van der Waals surface area contributed by atoms with E-state index in [1.807, 2.05) is 0 Å². The Labute approximate surface area is 103 Å². The van der Waals surface area contributed by atoms with E-state index in [1.54, 1.807) is 0 Å². The first-order valence-corrected chi connectivity index (χ1v) is 6.91. The van der Waals surface area contributed by atoms with Crippen LogP contribution in [-0.2, 0) is 19.7 Å². The van der Waals surface area contributed by atoms with Crippen LogP contribution in [0.1, 0.15) is 59.8 Å². The Kier molecular flexibility index (Phi) is 8.24. The van der Waals surface area contributed by atoms with Crippen LogP contribution in [0.3, 0.4) is 0 Å². The Morgan fingerprint density at radius 3 is 1.88 bits per heavy atom. The van der Waals surface area contributed by atoms with Crippen LogP contribution in [0.2, 0.25) is 0 Å². The van der Waals surface area contributed by atoms with E-state index in [9.17, 15) is 4.21 Å². The van der Waals surface area contributed by atoms with Crippen LogP contribution >= 0.6 is 0 Å². The van der Waals surface area contributed by atoms with E-state index in [0.29, 0.717) is 13.2 Å². The van der Waals surface area contributed by atoms with Gasteiger partial charge in [0.2, 0.25) is 0 Å². The lowest BCUT2D eigenvalue weighted by atomic mass is 9.80. The molecule has 1 saturated heterocycles. The molecule has 98 valence electrons. The van der Waals surface area contributed by atoms with Gasteiger partial charge in [-0.1, -0.05) is 47.0 Å². The molecule has 0 aromatic rings. The highest BCUT2D eigenvalue weighted by Crippen LogP contribution is 2.35. The predicted molar refractivity (Wildman–Crippen MR) is 68.3 cm³/mol. The zero-order chi connectivity index (χ0) is 11.1. The van der Waals surface area contributed by atoms with Gasteiger partial charge in [-0.05, 0) is 12.8 Å². The first-order chi connectivity index (χ1) is 7.22.